The van der Waals surface area contributed by atoms with E-state index in [-0.39, 0.29) is 28.5 Å². The van der Waals surface area contributed by atoms with E-state index in [4.69, 9.17) is 0 Å². The quantitative estimate of drug-likeness (QED) is 0.614. The van der Waals surface area contributed by atoms with Gasteiger partial charge in [-0.3, -0.25) is 9.59 Å². The first-order valence-corrected chi connectivity index (χ1v) is 10.0. The van der Waals surface area contributed by atoms with Gasteiger partial charge < -0.3 is 15.7 Å². The van der Waals surface area contributed by atoms with Crippen LogP contribution in [0.4, 0.5) is 5.69 Å². The van der Waals surface area contributed by atoms with E-state index in [1.54, 1.807) is 30.3 Å². The van der Waals surface area contributed by atoms with Crippen molar-refractivity contribution in [2.45, 2.75) is 24.3 Å². The molecule has 2 rings (SSSR count). The summed E-state index contributed by atoms with van der Waals surface area (Å²) in [6.45, 7) is 1.28. The lowest BCUT2D eigenvalue weighted by atomic mass is 10.1. The van der Waals surface area contributed by atoms with Crippen LogP contribution in [0.15, 0.2) is 59.5 Å². The minimum atomic E-state index is -3.68. The fourth-order valence-corrected chi connectivity index (χ4v) is 3.85. The Balaban J connectivity index is 2.12. The van der Waals surface area contributed by atoms with Gasteiger partial charge in [0.05, 0.1) is 21.9 Å². The summed E-state index contributed by atoms with van der Waals surface area (Å²) in [6.07, 6.45) is -0.305. The van der Waals surface area contributed by atoms with E-state index in [2.05, 4.69) is 10.6 Å². The van der Waals surface area contributed by atoms with Crippen LogP contribution in [0, 0.1) is 0 Å². The van der Waals surface area contributed by atoms with E-state index in [9.17, 15) is 27.9 Å². The van der Waals surface area contributed by atoms with E-state index in [1.165, 1.54) is 31.2 Å². The Morgan fingerprint density at radius 2 is 1.61 bits per heavy atom. The number of sulfone groups is 1. The molecule has 0 unspecified atom stereocenters. The summed E-state index contributed by atoms with van der Waals surface area (Å²) in [5.74, 6) is -2.91. The smallest absolute Gasteiger partial charge is 0.326 e. The number of para-hydroxylation sites is 1. The number of carboxylic acid groups (broad SMARTS) is 1. The Morgan fingerprint density at radius 3 is 2.21 bits per heavy atom. The number of nitrogens with one attached hydrogen (secondary N) is 2. The summed E-state index contributed by atoms with van der Waals surface area (Å²) in [5.41, 5.74) is 0.309. The standard InChI is InChI=1S/C19H20N2O6S/c1-13(22)20-16-10-6-5-9-15(16)18(23)21-17(19(24)25)11-12-28(26,27)14-7-3-2-4-8-14/h2-10,17H,11-12H2,1H3,(H,20,22)(H,21,23)(H,24,25)/t17-/m0/s1. The van der Waals surface area contributed by atoms with Crippen LogP contribution in [0.1, 0.15) is 23.7 Å². The van der Waals surface area contributed by atoms with Crippen molar-refractivity contribution in [3.63, 3.8) is 0 Å². The van der Waals surface area contributed by atoms with E-state index < -0.39 is 33.5 Å². The molecule has 28 heavy (non-hydrogen) atoms. The molecule has 3 N–H and O–H groups in total. The lowest BCUT2D eigenvalue weighted by molar-refractivity contribution is -0.139. The van der Waals surface area contributed by atoms with E-state index in [0.29, 0.717) is 0 Å². The van der Waals surface area contributed by atoms with Gasteiger partial charge in [-0.05, 0) is 30.7 Å². The average Bonchev–Trinajstić information content (AvgIpc) is 2.65. The molecule has 8 nitrogen and oxygen atoms in total. The molecule has 0 aliphatic rings. The van der Waals surface area contributed by atoms with Crippen LogP contribution in [-0.4, -0.2) is 43.1 Å². The van der Waals surface area contributed by atoms with Crippen LogP contribution in [0.5, 0.6) is 0 Å². The monoisotopic (exact) mass is 404 g/mol. The van der Waals surface area contributed by atoms with Crippen molar-refractivity contribution >= 4 is 33.3 Å². The summed E-state index contributed by atoms with van der Waals surface area (Å²) in [7, 11) is -3.68. The fraction of sp³-hybridized carbons (Fsp3) is 0.211. The van der Waals surface area contributed by atoms with Crippen molar-refractivity contribution in [1.82, 2.24) is 5.32 Å². The van der Waals surface area contributed by atoms with E-state index in [1.807, 2.05) is 0 Å². The third-order valence-corrected chi connectivity index (χ3v) is 5.63. The Hall–Kier alpha value is -3.20. The second-order valence-electron chi connectivity index (χ2n) is 6.01. The molecule has 2 amide bonds. The average molecular weight is 404 g/mol. The number of carbonyl (C=O) groups excluding carboxylic acids is 2. The minimum Gasteiger partial charge on any atom is -0.480 e. The van der Waals surface area contributed by atoms with Gasteiger partial charge in [-0.1, -0.05) is 30.3 Å². The van der Waals surface area contributed by atoms with Gasteiger partial charge >= 0.3 is 5.97 Å². The summed E-state index contributed by atoms with van der Waals surface area (Å²) < 4.78 is 24.7. The Kier molecular flexibility index (Phi) is 6.89. The van der Waals surface area contributed by atoms with Crippen LogP contribution in [0.2, 0.25) is 0 Å². The number of hydrogen-bond donors (Lipinski definition) is 3. The predicted octanol–water partition coefficient (Wildman–Crippen LogP) is 1.69. The topological polar surface area (TPSA) is 130 Å². The molecule has 0 aromatic heterocycles. The summed E-state index contributed by atoms with van der Waals surface area (Å²) >= 11 is 0. The Morgan fingerprint density at radius 1 is 1.00 bits per heavy atom. The first kappa shape index (κ1) is 21.1. The van der Waals surface area contributed by atoms with Crippen LogP contribution >= 0.6 is 0 Å². The lowest BCUT2D eigenvalue weighted by Gasteiger charge is -2.16. The molecule has 0 aliphatic carbocycles. The van der Waals surface area contributed by atoms with Crippen molar-refractivity contribution in [3.8, 4) is 0 Å². The predicted molar refractivity (Wildman–Crippen MR) is 103 cm³/mol. The number of carboxylic acids is 1. The molecule has 2 aromatic rings. The summed E-state index contributed by atoms with van der Waals surface area (Å²) in [6, 6.07) is 12.4. The van der Waals surface area contributed by atoms with Crippen molar-refractivity contribution in [3.05, 3.63) is 60.2 Å². The number of hydrogen-bond acceptors (Lipinski definition) is 5. The van der Waals surface area contributed by atoms with Gasteiger partial charge in [-0.15, -0.1) is 0 Å². The zero-order chi connectivity index (χ0) is 20.7. The van der Waals surface area contributed by atoms with Crippen LogP contribution < -0.4 is 10.6 Å². The molecule has 2 aromatic carbocycles. The van der Waals surface area contributed by atoms with Crippen molar-refractivity contribution in [2.75, 3.05) is 11.1 Å². The van der Waals surface area contributed by atoms with Gasteiger partial charge in [-0.25, -0.2) is 13.2 Å². The maximum atomic E-state index is 12.5. The second kappa shape index (κ2) is 9.14. The highest BCUT2D eigenvalue weighted by Gasteiger charge is 2.25. The molecular formula is C19H20N2O6S. The molecule has 148 valence electrons. The maximum Gasteiger partial charge on any atom is 0.326 e. The van der Waals surface area contributed by atoms with Gasteiger partial charge in [0.2, 0.25) is 5.91 Å². The highest BCUT2D eigenvalue weighted by Crippen LogP contribution is 2.16. The van der Waals surface area contributed by atoms with Crippen LogP contribution in [0.3, 0.4) is 0 Å². The zero-order valence-corrected chi connectivity index (χ0v) is 15.9. The Bertz CT molecular complexity index is 973. The zero-order valence-electron chi connectivity index (χ0n) is 15.1. The molecular weight excluding hydrogens is 384 g/mol. The molecule has 0 saturated heterocycles. The van der Waals surface area contributed by atoms with Crippen molar-refractivity contribution in [1.29, 1.82) is 0 Å². The number of carbonyl (C=O) groups is 3. The van der Waals surface area contributed by atoms with Gasteiger partial charge in [-0.2, -0.15) is 0 Å². The molecule has 0 aliphatic heterocycles. The number of aliphatic carboxylic acids is 1. The molecule has 0 spiro atoms. The highest BCUT2D eigenvalue weighted by atomic mass is 32.2. The number of benzene rings is 2. The third kappa shape index (κ3) is 5.65. The van der Waals surface area contributed by atoms with Gasteiger partial charge in [0.15, 0.2) is 9.84 Å². The minimum absolute atomic E-state index is 0.0786. The van der Waals surface area contributed by atoms with Gasteiger partial charge in [0.1, 0.15) is 6.04 Å². The summed E-state index contributed by atoms with van der Waals surface area (Å²) in [5, 5.41) is 14.2. The normalized spacial score (nSPS) is 12.0. The number of rotatable bonds is 8. The number of amides is 2. The molecule has 0 fully saturated rings. The summed E-state index contributed by atoms with van der Waals surface area (Å²) in [4.78, 5) is 35.3. The molecule has 0 radical (unpaired) electrons. The largest absolute Gasteiger partial charge is 0.480 e. The van der Waals surface area contributed by atoms with Gasteiger partial charge in [0, 0.05) is 6.92 Å². The van der Waals surface area contributed by atoms with Gasteiger partial charge in [0.25, 0.3) is 5.91 Å². The highest BCUT2D eigenvalue weighted by molar-refractivity contribution is 7.91. The third-order valence-electron chi connectivity index (χ3n) is 3.86. The van der Waals surface area contributed by atoms with Crippen LogP contribution in [0.25, 0.3) is 0 Å². The van der Waals surface area contributed by atoms with Crippen molar-refractivity contribution in [2.24, 2.45) is 0 Å². The maximum absolute atomic E-state index is 12.5. The molecule has 0 heterocycles. The first-order valence-electron chi connectivity index (χ1n) is 8.39. The van der Waals surface area contributed by atoms with E-state index >= 15 is 0 Å². The lowest BCUT2D eigenvalue weighted by Crippen LogP contribution is -2.42. The van der Waals surface area contributed by atoms with E-state index in [0.717, 1.165) is 0 Å². The SMILES string of the molecule is CC(=O)Nc1ccccc1C(=O)N[C@@H](CCS(=O)(=O)c1ccccc1)C(=O)O. The molecule has 9 heteroatoms. The fourth-order valence-electron chi connectivity index (χ4n) is 2.49. The molecule has 0 bridgehead atoms. The Labute approximate surface area is 162 Å². The number of anilines is 1. The molecule has 0 saturated carbocycles. The van der Waals surface area contributed by atoms with Crippen LogP contribution in [-0.2, 0) is 19.4 Å². The second-order valence-corrected chi connectivity index (χ2v) is 8.12. The van der Waals surface area contributed by atoms with Crippen molar-refractivity contribution < 1.29 is 27.9 Å². The molecule has 1 atom stereocenters. The first-order chi connectivity index (χ1) is 13.2.